The highest BCUT2D eigenvalue weighted by atomic mass is 16.2. The summed E-state index contributed by atoms with van der Waals surface area (Å²) >= 11 is 0. The SMILES string of the molecule is CC[C@@H](C(=O)NC(=O)C(C)(C)C)[C@@H](C)C(C)C. The molecule has 0 aliphatic carbocycles. The Morgan fingerprint density at radius 2 is 1.59 bits per heavy atom. The van der Waals surface area contributed by atoms with Crippen molar-refractivity contribution >= 4 is 11.8 Å². The van der Waals surface area contributed by atoms with E-state index < -0.39 is 5.41 Å². The molecule has 0 saturated heterocycles. The van der Waals surface area contributed by atoms with Crippen LogP contribution in [0.2, 0.25) is 0 Å². The van der Waals surface area contributed by atoms with E-state index in [1.54, 1.807) is 0 Å². The molecule has 1 N–H and O–H groups in total. The fourth-order valence-electron chi connectivity index (χ4n) is 1.65. The summed E-state index contributed by atoms with van der Waals surface area (Å²) in [6.07, 6.45) is 0.766. The van der Waals surface area contributed by atoms with Gasteiger partial charge < -0.3 is 0 Å². The Labute approximate surface area is 105 Å². The Balaban J connectivity index is 4.63. The third-order valence-electron chi connectivity index (χ3n) is 3.38. The lowest BCUT2D eigenvalue weighted by Gasteiger charge is -2.26. The van der Waals surface area contributed by atoms with E-state index >= 15 is 0 Å². The first-order chi connectivity index (χ1) is 7.61. The number of hydrogen-bond donors (Lipinski definition) is 1. The Kier molecular flexibility index (Phi) is 5.86. The normalized spacial score (nSPS) is 15.5. The third-order valence-corrected chi connectivity index (χ3v) is 3.38. The second kappa shape index (κ2) is 6.18. The van der Waals surface area contributed by atoms with Gasteiger partial charge in [-0.2, -0.15) is 0 Å². The average molecular weight is 241 g/mol. The first-order valence-corrected chi connectivity index (χ1v) is 6.46. The zero-order chi connectivity index (χ0) is 13.8. The number of rotatable bonds is 4. The van der Waals surface area contributed by atoms with Crippen molar-refractivity contribution in [1.29, 1.82) is 0 Å². The lowest BCUT2D eigenvalue weighted by molar-refractivity contribution is -0.138. The minimum absolute atomic E-state index is 0.0821. The smallest absolute Gasteiger partial charge is 0.231 e. The Hall–Kier alpha value is -0.860. The van der Waals surface area contributed by atoms with E-state index in [0.717, 1.165) is 6.42 Å². The second-order valence-electron chi connectivity index (χ2n) is 6.19. The summed E-state index contributed by atoms with van der Waals surface area (Å²) in [5, 5.41) is 2.53. The highest BCUT2D eigenvalue weighted by Crippen LogP contribution is 2.24. The molecule has 17 heavy (non-hydrogen) atoms. The van der Waals surface area contributed by atoms with Crippen LogP contribution in [0.5, 0.6) is 0 Å². The lowest BCUT2D eigenvalue weighted by atomic mass is 9.82. The zero-order valence-electron chi connectivity index (χ0n) is 12.3. The molecule has 0 aromatic rings. The maximum atomic E-state index is 12.0. The molecule has 0 heterocycles. The maximum absolute atomic E-state index is 12.0. The van der Waals surface area contributed by atoms with Gasteiger partial charge in [0.25, 0.3) is 0 Å². The average Bonchev–Trinajstić information content (AvgIpc) is 2.16. The van der Waals surface area contributed by atoms with Gasteiger partial charge in [0, 0.05) is 11.3 Å². The molecule has 100 valence electrons. The highest BCUT2D eigenvalue weighted by molar-refractivity contribution is 5.98. The molecular weight excluding hydrogens is 214 g/mol. The van der Waals surface area contributed by atoms with Crippen molar-refractivity contribution < 1.29 is 9.59 Å². The maximum Gasteiger partial charge on any atom is 0.231 e. The molecule has 0 unspecified atom stereocenters. The van der Waals surface area contributed by atoms with Gasteiger partial charge >= 0.3 is 0 Å². The van der Waals surface area contributed by atoms with Crippen LogP contribution in [-0.2, 0) is 9.59 Å². The molecule has 2 atom stereocenters. The summed E-state index contributed by atoms with van der Waals surface area (Å²) in [5.74, 6) is 0.315. The van der Waals surface area contributed by atoms with Crippen LogP contribution >= 0.6 is 0 Å². The van der Waals surface area contributed by atoms with Gasteiger partial charge in [-0.15, -0.1) is 0 Å². The molecule has 0 saturated carbocycles. The second-order valence-corrected chi connectivity index (χ2v) is 6.19. The van der Waals surface area contributed by atoms with Gasteiger partial charge in [0.05, 0.1) is 0 Å². The van der Waals surface area contributed by atoms with Gasteiger partial charge in [-0.25, -0.2) is 0 Å². The Morgan fingerprint density at radius 3 is 1.88 bits per heavy atom. The molecular formula is C14H27NO2. The number of carbonyl (C=O) groups is 2. The van der Waals surface area contributed by atoms with Crippen LogP contribution in [0, 0.1) is 23.2 Å². The van der Waals surface area contributed by atoms with Crippen LogP contribution in [0.1, 0.15) is 54.9 Å². The van der Waals surface area contributed by atoms with E-state index in [1.165, 1.54) is 0 Å². The Bertz CT molecular complexity index is 276. The van der Waals surface area contributed by atoms with Crippen LogP contribution in [0.25, 0.3) is 0 Å². The van der Waals surface area contributed by atoms with Gasteiger partial charge in [0.2, 0.25) is 11.8 Å². The predicted molar refractivity (Wildman–Crippen MR) is 70.4 cm³/mol. The molecule has 3 nitrogen and oxygen atoms in total. The molecule has 2 amide bonds. The lowest BCUT2D eigenvalue weighted by Crippen LogP contribution is -2.43. The molecule has 0 aromatic carbocycles. The molecule has 0 aliphatic rings. The molecule has 0 rings (SSSR count). The summed E-state index contributed by atoms with van der Waals surface area (Å²) in [5.41, 5.74) is -0.519. The first-order valence-electron chi connectivity index (χ1n) is 6.46. The van der Waals surface area contributed by atoms with Crippen LogP contribution in [-0.4, -0.2) is 11.8 Å². The number of hydrogen-bond acceptors (Lipinski definition) is 2. The molecule has 0 aliphatic heterocycles. The van der Waals surface area contributed by atoms with Crippen LogP contribution in [0.3, 0.4) is 0 Å². The molecule has 0 radical (unpaired) electrons. The van der Waals surface area contributed by atoms with Crippen molar-refractivity contribution in [3.05, 3.63) is 0 Å². The third kappa shape index (κ3) is 4.88. The van der Waals surface area contributed by atoms with Crippen molar-refractivity contribution in [2.75, 3.05) is 0 Å². The van der Waals surface area contributed by atoms with Crippen LogP contribution in [0.4, 0.5) is 0 Å². The van der Waals surface area contributed by atoms with Crippen molar-refractivity contribution in [2.24, 2.45) is 23.2 Å². The zero-order valence-corrected chi connectivity index (χ0v) is 12.3. The minimum Gasteiger partial charge on any atom is -0.296 e. The minimum atomic E-state index is -0.519. The standard InChI is InChI=1S/C14H27NO2/c1-8-11(10(4)9(2)3)12(16)15-13(17)14(5,6)7/h9-11H,8H2,1-7H3,(H,15,16,17)/t10-,11+/m0/s1. The van der Waals surface area contributed by atoms with Crippen molar-refractivity contribution in [1.82, 2.24) is 5.32 Å². The van der Waals surface area contributed by atoms with E-state index in [1.807, 2.05) is 27.7 Å². The topological polar surface area (TPSA) is 46.2 Å². The monoisotopic (exact) mass is 241 g/mol. The fraction of sp³-hybridized carbons (Fsp3) is 0.857. The number of nitrogens with one attached hydrogen (secondary N) is 1. The van der Waals surface area contributed by atoms with Gasteiger partial charge in [0.15, 0.2) is 0 Å². The van der Waals surface area contributed by atoms with Crippen LogP contribution < -0.4 is 5.32 Å². The van der Waals surface area contributed by atoms with E-state index in [9.17, 15) is 9.59 Å². The summed E-state index contributed by atoms with van der Waals surface area (Å²) in [6.45, 7) is 13.7. The van der Waals surface area contributed by atoms with E-state index in [2.05, 4.69) is 26.1 Å². The van der Waals surface area contributed by atoms with Gasteiger partial charge in [-0.05, 0) is 18.3 Å². The summed E-state index contributed by atoms with van der Waals surface area (Å²) in [6, 6.07) is 0. The number of carbonyl (C=O) groups excluding carboxylic acids is 2. The molecule has 3 heteroatoms. The quantitative estimate of drug-likeness (QED) is 0.822. The molecule has 0 spiro atoms. The number of imide groups is 1. The Morgan fingerprint density at radius 1 is 1.12 bits per heavy atom. The van der Waals surface area contributed by atoms with Crippen molar-refractivity contribution in [3.63, 3.8) is 0 Å². The number of amides is 2. The summed E-state index contributed by atoms with van der Waals surface area (Å²) < 4.78 is 0. The summed E-state index contributed by atoms with van der Waals surface area (Å²) in [7, 11) is 0. The van der Waals surface area contributed by atoms with Gasteiger partial charge in [0.1, 0.15) is 0 Å². The fourth-order valence-corrected chi connectivity index (χ4v) is 1.65. The first kappa shape index (κ1) is 16.1. The summed E-state index contributed by atoms with van der Waals surface area (Å²) in [4.78, 5) is 23.8. The molecule has 0 bridgehead atoms. The largest absolute Gasteiger partial charge is 0.296 e. The van der Waals surface area contributed by atoms with Gasteiger partial charge in [-0.1, -0.05) is 48.5 Å². The van der Waals surface area contributed by atoms with Crippen molar-refractivity contribution in [3.8, 4) is 0 Å². The van der Waals surface area contributed by atoms with E-state index in [-0.39, 0.29) is 23.7 Å². The molecule has 0 aromatic heterocycles. The van der Waals surface area contributed by atoms with E-state index in [4.69, 9.17) is 0 Å². The van der Waals surface area contributed by atoms with E-state index in [0.29, 0.717) is 5.92 Å². The van der Waals surface area contributed by atoms with Crippen molar-refractivity contribution in [2.45, 2.75) is 54.9 Å². The molecule has 0 fully saturated rings. The predicted octanol–water partition coefficient (Wildman–Crippen LogP) is 2.99. The van der Waals surface area contributed by atoms with Gasteiger partial charge in [-0.3, -0.25) is 14.9 Å². The van der Waals surface area contributed by atoms with Crippen LogP contribution in [0.15, 0.2) is 0 Å². The highest BCUT2D eigenvalue weighted by Gasteiger charge is 2.29.